The first-order valence-corrected chi connectivity index (χ1v) is 8.07. The molecule has 4 heteroatoms. The Morgan fingerprint density at radius 2 is 1.95 bits per heavy atom. The number of nitrogens with zero attached hydrogens (tertiary/aromatic N) is 1. The Bertz CT molecular complexity index is 557. The average Bonchev–Trinajstić information content (AvgIpc) is 2.50. The van der Waals surface area contributed by atoms with E-state index < -0.39 is 0 Å². The van der Waals surface area contributed by atoms with Crippen molar-refractivity contribution in [2.45, 2.75) is 26.3 Å². The van der Waals surface area contributed by atoms with Crippen LogP contribution in [0.15, 0.2) is 47.2 Å². The third-order valence-electron chi connectivity index (χ3n) is 3.25. The normalized spacial score (nSPS) is 12.1. The molecule has 0 amide bonds. The molecule has 1 aromatic carbocycles. The van der Waals surface area contributed by atoms with E-state index in [1.807, 2.05) is 13.1 Å². The van der Waals surface area contributed by atoms with Gasteiger partial charge in [-0.3, -0.25) is 4.98 Å². The number of halogens is 1. The van der Waals surface area contributed by atoms with Crippen LogP contribution in [0.3, 0.4) is 0 Å². The Morgan fingerprint density at radius 3 is 2.62 bits per heavy atom. The van der Waals surface area contributed by atoms with Crippen LogP contribution < -0.4 is 10.1 Å². The lowest BCUT2D eigenvalue weighted by Gasteiger charge is -2.19. The maximum absolute atomic E-state index is 5.54. The molecule has 1 N–H and O–H groups in total. The first-order valence-electron chi connectivity index (χ1n) is 7.28. The number of aromatic nitrogens is 1. The zero-order valence-electron chi connectivity index (χ0n) is 12.5. The maximum atomic E-state index is 5.54. The molecule has 112 valence electrons. The molecule has 0 radical (unpaired) electrons. The summed E-state index contributed by atoms with van der Waals surface area (Å²) in [6.45, 7) is 5.68. The second kappa shape index (κ2) is 8.15. The second-order valence-corrected chi connectivity index (χ2v) is 5.74. The highest BCUT2D eigenvalue weighted by Gasteiger charge is 2.12. The van der Waals surface area contributed by atoms with Gasteiger partial charge in [-0.05, 0) is 49.2 Å². The molecule has 0 saturated carbocycles. The van der Waals surface area contributed by atoms with Crippen molar-refractivity contribution in [3.63, 3.8) is 0 Å². The molecule has 3 nitrogen and oxygen atoms in total. The van der Waals surface area contributed by atoms with Gasteiger partial charge in [0.2, 0.25) is 0 Å². The van der Waals surface area contributed by atoms with Crippen LogP contribution in [0, 0.1) is 0 Å². The largest absolute Gasteiger partial charge is 0.492 e. The van der Waals surface area contributed by atoms with E-state index in [0.717, 1.165) is 28.8 Å². The third-order valence-corrected chi connectivity index (χ3v) is 3.78. The summed E-state index contributed by atoms with van der Waals surface area (Å²) in [6, 6.07) is 10.8. The molecule has 2 aromatic rings. The van der Waals surface area contributed by atoms with Crippen LogP contribution >= 0.6 is 15.9 Å². The van der Waals surface area contributed by atoms with Crippen molar-refractivity contribution in [1.82, 2.24) is 10.3 Å². The SMILES string of the molecule is CCNC(Cc1ccc(Br)cc1)c1cncc(OCC)c1. The fraction of sp³-hybridized carbons (Fsp3) is 0.353. The Kier molecular flexibility index (Phi) is 6.21. The number of benzene rings is 1. The van der Waals surface area contributed by atoms with Gasteiger partial charge in [-0.25, -0.2) is 0 Å². The number of hydrogen-bond acceptors (Lipinski definition) is 3. The summed E-state index contributed by atoms with van der Waals surface area (Å²) in [7, 11) is 0. The fourth-order valence-electron chi connectivity index (χ4n) is 2.28. The lowest BCUT2D eigenvalue weighted by atomic mass is 10.00. The number of ether oxygens (including phenoxy) is 1. The van der Waals surface area contributed by atoms with Crippen molar-refractivity contribution in [2.24, 2.45) is 0 Å². The minimum Gasteiger partial charge on any atom is -0.492 e. The van der Waals surface area contributed by atoms with E-state index in [9.17, 15) is 0 Å². The molecule has 1 heterocycles. The van der Waals surface area contributed by atoms with Gasteiger partial charge in [0.05, 0.1) is 12.8 Å². The van der Waals surface area contributed by atoms with Gasteiger partial charge in [0, 0.05) is 16.7 Å². The first kappa shape index (κ1) is 16.0. The summed E-state index contributed by atoms with van der Waals surface area (Å²) in [4.78, 5) is 4.29. The lowest BCUT2D eigenvalue weighted by molar-refractivity contribution is 0.338. The molecule has 0 aliphatic carbocycles. The molecule has 1 aromatic heterocycles. The highest BCUT2D eigenvalue weighted by atomic mass is 79.9. The van der Waals surface area contributed by atoms with Gasteiger partial charge >= 0.3 is 0 Å². The predicted octanol–water partition coefficient (Wildman–Crippen LogP) is 4.14. The molecular formula is C17H21BrN2O. The van der Waals surface area contributed by atoms with Crippen LogP contribution in [0.2, 0.25) is 0 Å². The highest BCUT2D eigenvalue weighted by Crippen LogP contribution is 2.22. The van der Waals surface area contributed by atoms with E-state index in [2.05, 4.69) is 63.5 Å². The van der Waals surface area contributed by atoms with Crippen LogP contribution in [0.25, 0.3) is 0 Å². The van der Waals surface area contributed by atoms with Crippen LogP contribution in [-0.2, 0) is 6.42 Å². The van der Waals surface area contributed by atoms with Gasteiger partial charge < -0.3 is 10.1 Å². The van der Waals surface area contributed by atoms with Crippen LogP contribution in [0.4, 0.5) is 0 Å². The molecule has 0 bridgehead atoms. The number of hydrogen-bond donors (Lipinski definition) is 1. The summed E-state index contributed by atoms with van der Waals surface area (Å²) in [5.74, 6) is 0.828. The monoisotopic (exact) mass is 348 g/mol. The van der Waals surface area contributed by atoms with E-state index in [0.29, 0.717) is 6.61 Å². The van der Waals surface area contributed by atoms with Crippen LogP contribution in [0.5, 0.6) is 5.75 Å². The van der Waals surface area contributed by atoms with E-state index in [4.69, 9.17) is 4.74 Å². The molecular weight excluding hydrogens is 328 g/mol. The number of likely N-dealkylation sites (N-methyl/N-ethyl adjacent to an activating group) is 1. The summed E-state index contributed by atoms with van der Waals surface area (Å²) in [5, 5.41) is 3.52. The lowest BCUT2D eigenvalue weighted by Crippen LogP contribution is -2.23. The van der Waals surface area contributed by atoms with Crippen molar-refractivity contribution in [1.29, 1.82) is 0 Å². The number of pyridine rings is 1. The van der Waals surface area contributed by atoms with Gasteiger partial charge in [0.15, 0.2) is 0 Å². The summed E-state index contributed by atoms with van der Waals surface area (Å²) < 4.78 is 6.65. The molecule has 21 heavy (non-hydrogen) atoms. The van der Waals surface area contributed by atoms with Gasteiger partial charge in [-0.15, -0.1) is 0 Å². The Morgan fingerprint density at radius 1 is 1.19 bits per heavy atom. The van der Waals surface area contributed by atoms with E-state index in [1.54, 1.807) is 6.20 Å². The van der Waals surface area contributed by atoms with Crippen LogP contribution in [-0.4, -0.2) is 18.1 Å². The van der Waals surface area contributed by atoms with Crippen molar-refractivity contribution < 1.29 is 4.74 Å². The van der Waals surface area contributed by atoms with E-state index in [1.165, 1.54) is 5.56 Å². The van der Waals surface area contributed by atoms with Gasteiger partial charge in [-0.1, -0.05) is 35.0 Å². The minimum atomic E-state index is 0.240. The second-order valence-electron chi connectivity index (χ2n) is 4.83. The zero-order chi connectivity index (χ0) is 15.1. The minimum absolute atomic E-state index is 0.240. The highest BCUT2D eigenvalue weighted by molar-refractivity contribution is 9.10. The molecule has 0 fully saturated rings. The predicted molar refractivity (Wildman–Crippen MR) is 89.7 cm³/mol. The van der Waals surface area contributed by atoms with Crippen LogP contribution in [0.1, 0.15) is 31.0 Å². The fourth-order valence-corrected chi connectivity index (χ4v) is 2.55. The number of nitrogens with one attached hydrogen (secondary N) is 1. The van der Waals surface area contributed by atoms with Crippen molar-refractivity contribution >= 4 is 15.9 Å². The first-order chi connectivity index (χ1) is 10.2. The Labute approximate surface area is 134 Å². The molecule has 1 unspecified atom stereocenters. The standard InChI is InChI=1S/C17H21BrN2O/c1-3-20-17(9-13-5-7-15(18)8-6-13)14-10-16(21-4-2)12-19-11-14/h5-8,10-12,17,20H,3-4,9H2,1-2H3. The summed E-state index contributed by atoms with van der Waals surface area (Å²) in [6.07, 6.45) is 4.60. The maximum Gasteiger partial charge on any atom is 0.137 e. The molecule has 0 aliphatic rings. The molecule has 0 saturated heterocycles. The van der Waals surface area contributed by atoms with Gasteiger partial charge in [0.25, 0.3) is 0 Å². The summed E-state index contributed by atoms with van der Waals surface area (Å²) in [5.41, 5.74) is 2.46. The van der Waals surface area contributed by atoms with E-state index >= 15 is 0 Å². The molecule has 0 aliphatic heterocycles. The molecule has 1 atom stereocenters. The van der Waals surface area contributed by atoms with Crippen molar-refractivity contribution in [2.75, 3.05) is 13.2 Å². The van der Waals surface area contributed by atoms with Gasteiger partial charge in [-0.2, -0.15) is 0 Å². The number of rotatable bonds is 7. The third kappa shape index (κ3) is 4.83. The Balaban J connectivity index is 2.17. The van der Waals surface area contributed by atoms with Gasteiger partial charge in [0.1, 0.15) is 5.75 Å². The topological polar surface area (TPSA) is 34.2 Å². The smallest absolute Gasteiger partial charge is 0.137 e. The molecule has 0 spiro atoms. The average molecular weight is 349 g/mol. The molecule has 2 rings (SSSR count). The Hall–Kier alpha value is -1.39. The van der Waals surface area contributed by atoms with Crippen molar-refractivity contribution in [3.05, 3.63) is 58.3 Å². The van der Waals surface area contributed by atoms with Crippen molar-refractivity contribution in [3.8, 4) is 5.75 Å². The summed E-state index contributed by atoms with van der Waals surface area (Å²) >= 11 is 3.47. The zero-order valence-corrected chi connectivity index (χ0v) is 14.1. The quantitative estimate of drug-likeness (QED) is 0.816. The van der Waals surface area contributed by atoms with E-state index in [-0.39, 0.29) is 6.04 Å².